The predicted octanol–water partition coefficient (Wildman–Crippen LogP) is 3.94. The normalized spacial score (nSPS) is 13.5. The number of benzene rings is 3. The first-order valence-electron chi connectivity index (χ1n) is 8.68. The minimum atomic E-state index is -3.78. The summed E-state index contributed by atoms with van der Waals surface area (Å²) in [5.41, 5.74) is 1.79. The number of sulfonamides is 1. The summed E-state index contributed by atoms with van der Waals surface area (Å²) in [6.07, 6.45) is 0. The van der Waals surface area contributed by atoms with E-state index in [-0.39, 0.29) is 23.3 Å². The molecule has 0 fully saturated rings. The van der Waals surface area contributed by atoms with Gasteiger partial charge in [-0.2, -0.15) is 0 Å². The van der Waals surface area contributed by atoms with E-state index in [9.17, 15) is 18.0 Å². The van der Waals surface area contributed by atoms with Crippen LogP contribution in [0.25, 0.3) is 0 Å². The highest BCUT2D eigenvalue weighted by atomic mass is 35.5. The molecule has 8 heteroatoms. The van der Waals surface area contributed by atoms with Crippen LogP contribution in [0, 0.1) is 0 Å². The second kappa shape index (κ2) is 7.35. The molecule has 0 atom stereocenters. The van der Waals surface area contributed by atoms with Crippen molar-refractivity contribution in [1.29, 1.82) is 0 Å². The Kier molecular flexibility index (Phi) is 4.86. The van der Waals surface area contributed by atoms with Crippen molar-refractivity contribution in [2.24, 2.45) is 0 Å². The van der Waals surface area contributed by atoms with Crippen molar-refractivity contribution in [2.45, 2.75) is 11.4 Å². The summed E-state index contributed by atoms with van der Waals surface area (Å²) in [5.74, 6) is -0.710. The number of hydrogen-bond donors (Lipinski definition) is 1. The van der Waals surface area contributed by atoms with Gasteiger partial charge in [0.1, 0.15) is 0 Å². The van der Waals surface area contributed by atoms with Crippen LogP contribution in [0.2, 0.25) is 5.02 Å². The Morgan fingerprint density at radius 1 is 0.793 bits per heavy atom. The van der Waals surface area contributed by atoms with Crippen molar-refractivity contribution in [3.8, 4) is 0 Å². The topological polar surface area (TPSA) is 83.6 Å². The first-order chi connectivity index (χ1) is 13.8. The lowest BCUT2D eigenvalue weighted by molar-refractivity contribution is 0.0642. The average Bonchev–Trinajstić information content (AvgIpc) is 2.95. The van der Waals surface area contributed by atoms with Crippen LogP contribution in [-0.2, 0) is 16.6 Å². The second-order valence-corrected chi connectivity index (χ2v) is 8.62. The molecule has 2 amide bonds. The van der Waals surface area contributed by atoms with E-state index in [1.165, 1.54) is 12.1 Å². The molecule has 0 bridgehead atoms. The van der Waals surface area contributed by atoms with Crippen molar-refractivity contribution in [3.05, 3.63) is 94.5 Å². The number of halogens is 1. The number of imide groups is 1. The third kappa shape index (κ3) is 3.74. The minimum absolute atomic E-state index is 0.0668. The molecular weight excluding hydrogens is 412 g/mol. The smallest absolute Gasteiger partial charge is 0.261 e. The Morgan fingerprint density at radius 2 is 1.34 bits per heavy atom. The molecule has 3 aromatic carbocycles. The van der Waals surface area contributed by atoms with Gasteiger partial charge in [0.05, 0.1) is 22.6 Å². The summed E-state index contributed by atoms with van der Waals surface area (Å²) in [6, 6.07) is 19.0. The van der Waals surface area contributed by atoms with Crippen LogP contribution in [0.4, 0.5) is 5.69 Å². The van der Waals surface area contributed by atoms with Crippen molar-refractivity contribution < 1.29 is 18.0 Å². The number of hydrogen-bond acceptors (Lipinski definition) is 4. The van der Waals surface area contributed by atoms with E-state index in [0.717, 1.165) is 4.90 Å². The fourth-order valence-corrected chi connectivity index (χ4v) is 4.26. The predicted molar refractivity (Wildman–Crippen MR) is 109 cm³/mol. The van der Waals surface area contributed by atoms with Crippen LogP contribution in [-0.4, -0.2) is 25.1 Å². The second-order valence-electron chi connectivity index (χ2n) is 6.50. The van der Waals surface area contributed by atoms with E-state index < -0.39 is 10.0 Å². The van der Waals surface area contributed by atoms with Gasteiger partial charge in [0.15, 0.2) is 0 Å². The Balaban J connectivity index is 1.50. The lowest BCUT2D eigenvalue weighted by atomic mass is 10.1. The Hall–Kier alpha value is -3.16. The fourth-order valence-electron chi connectivity index (χ4n) is 3.07. The van der Waals surface area contributed by atoms with Gasteiger partial charge in [0.2, 0.25) is 0 Å². The molecule has 6 nitrogen and oxygen atoms in total. The average molecular weight is 427 g/mol. The van der Waals surface area contributed by atoms with Crippen molar-refractivity contribution in [1.82, 2.24) is 4.90 Å². The molecule has 29 heavy (non-hydrogen) atoms. The van der Waals surface area contributed by atoms with Gasteiger partial charge >= 0.3 is 0 Å². The number of carbonyl (C=O) groups excluding carboxylic acids is 2. The van der Waals surface area contributed by atoms with Gasteiger partial charge in [-0.15, -0.1) is 0 Å². The lowest BCUT2D eigenvalue weighted by Gasteiger charge is -2.14. The highest BCUT2D eigenvalue weighted by molar-refractivity contribution is 7.92. The quantitative estimate of drug-likeness (QED) is 0.626. The number of nitrogens with one attached hydrogen (secondary N) is 1. The molecule has 0 saturated carbocycles. The largest absolute Gasteiger partial charge is 0.280 e. The molecule has 3 aromatic rings. The van der Waals surface area contributed by atoms with Gasteiger partial charge in [-0.3, -0.25) is 19.2 Å². The molecule has 146 valence electrons. The number of carbonyl (C=O) groups is 2. The number of rotatable bonds is 5. The molecule has 1 N–H and O–H groups in total. The highest BCUT2D eigenvalue weighted by Gasteiger charge is 2.34. The van der Waals surface area contributed by atoms with Gasteiger partial charge in [0.25, 0.3) is 21.8 Å². The van der Waals surface area contributed by atoms with E-state index >= 15 is 0 Å². The zero-order valence-corrected chi connectivity index (χ0v) is 16.6. The van der Waals surface area contributed by atoms with E-state index in [1.54, 1.807) is 60.7 Å². The number of fused-ring (bicyclic) bond motifs is 1. The molecule has 0 radical (unpaired) electrons. The minimum Gasteiger partial charge on any atom is -0.280 e. The maximum absolute atomic E-state index is 12.5. The van der Waals surface area contributed by atoms with Crippen LogP contribution in [0.3, 0.4) is 0 Å². The van der Waals surface area contributed by atoms with Gasteiger partial charge in [-0.05, 0) is 54.1 Å². The van der Waals surface area contributed by atoms with E-state index in [1.807, 2.05) is 0 Å². The summed E-state index contributed by atoms with van der Waals surface area (Å²) in [4.78, 5) is 26.1. The Bertz CT molecular complexity index is 1170. The van der Waals surface area contributed by atoms with Crippen LogP contribution in [0.1, 0.15) is 26.3 Å². The maximum Gasteiger partial charge on any atom is 0.261 e. The number of anilines is 1. The lowest BCUT2D eigenvalue weighted by Crippen LogP contribution is -2.29. The van der Waals surface area contributed by atoms with E-state index in [4.69, 9.17) is 11.6 Å². The van der Waals surface area contributed by atoms with Crippen LogP contribution < -0.4 is 4.72 Å². The summed E-state index contributed by atoms with van der Waals surface area (Å²) >= 11 is 5.81. The third-order valence-electron chi connectivity index (χ3n) is 4.55. The summed E-state index contributed by atoms with van der Waals surface area (Å²) in [7, 11) is -3.78. The molecule has 1 heterocycles. The zero-order chi connectivity index (χ0) is 20.6. The number of nitrogens with zero attached hydrogens (tertiary/aromatic N) is 1. The third-order valence-corrected chi connectivity index (χ3v) is 6.20. The van der Waals surface area contributed by atoms with Crippen molar-refractivity contribution in [2.75, 3.05) is 4.72 Å². The van der Waals surface area contributed by atoms with Crippen LogP contribution in [0.15, 0.2) is 77.7 Å². The molecule has 1 aliphatic heterocycles. The van der Waals surface area contributed by atoms with Crippen molar-refractivity contribution in [3.63, 3.8) is 0 Å². The van der Waals surface area contributed by atoms with Gasteiger partial charge in [-0.1, -0.05) is 35.9 Å². The fraction of sp³-hybridized carbons (Fsp3) is 0.0476. The molecule has 0 aromatic heterocycles. The first-order valence-corrected chi connectivity index (χ1v) is 10.5. The summed E-state index contributed by atoms with van der Waals surface area (Å²) < 4.78 is 27.5. The molecule has 1 aliphatic rings. The molecule has 0 spiro atoms. The van der Waals surface area contributed by atoms with Crippen molar-refractivity contribution >= 4 is 39.1 Å². The van der Waals surface area contributed by atoms with Gasteiger partial charge in [0, 0.05) is 10.7 Å². The Labute approximate surface area is 172 Å². The summed E-state index contributed by atoms with van der Waals surface area (Å²) in [6.45, 7) is 0.0668. The van der Waals surface area contributed by atoms with E-state index in [2.05, 4.69) is 4.72 Å². The van der Waals surface area contributed by atoms with Crippen LogP contribution in [0.5, 0.6) is 0 Å². The standard InChI is InChI=1S/C21H15ClN2O4S/c22-15-7-9-16(10-8-15)23-29(27,28)17-11-5-14(6-12-17)13-24-20(25)18-3-1-2-4-19(18)21(24)26/h1-12,23H,13H2. The van der Waals surface area contributed by atoms with Crippen LogP contribution >= 0.6 is 11.6 Å². The van der Waals surface area contributed by atoms with Gasteiger partial charge in [-0.25, -0.2) is 8.42 Å². The zero-order valence-electron chi connectivity index (χ0n) is 15.0. The molecule has 0 aliphatic carbocycles. The monoisotopic (exact) mass is 426 g/mol. The highest BCUT2D eigenvalue weighted by Crippen LogP contribution is 2.25. The molecule has 4 rings (SSSR count). The number of amides is 2. The maximum atomic E-state index is 12.5. The molecule has 0 saturated heterocycles. The molecular formula is C21H15ClN2O4S. The van der Waals surface area contributed by atoms with Gasteiger partial charge < -0.3 is 0 Å². The first kappa shape index (κ1) is 19.2. The molecule has 0 unspecified atom stereocenters. The SMILES string of the molecule is O=C1c2ccccc2C(=O)N1Cc1ccc(S(=O)(=O)Nc2ccc(Cl)cc2)cc1. The summed E-state index contributed by atoms with van der Waals surface area (Å²) in [5, 5.41) is 0.505. The Morgan fingerprint density at radius 3 is 1.90 bits per heavy atom. The van der Waals surface area contributed by atoms with E-state index in [0.29, 0.717) is 27.4 Å².